The Kier molecular flexibility index (Phi) is 7.38. The van der Waals surface area contributed by atoms with Gasteiger partial charge in [0, 0.05) is 19.1 Å². The van der Waals surface area contributed by atoms with Crippen LogP contribution in [-0.4, -0.2) is 36.5 Å². The number of amides is 1. The zero-order valence-electron chi connectivity index (χ0n) is 13.9. The fraction of sp³-hybridized carbons (Fsp3) is 0.632. The molecule has 0 radical (unpaired) electrons. The third-order valence-corrected chi connectivity index (χ3v) is 5.18. The second-order valence-corrected chi connectivity index (χ2v) is 6.75. The lowest BCUT2D eigenvalue weighted by Gasteiger charge is -2.34. The van der Waals surface area contributed by atoms with Crippen molar-refractivity contribution in [2.45, 2.75) is 51.0 Å². The maximum Gasteiger partial charge on any atom is 0.227 e. The van der Waals surface area contributed by atoms with Gasteiger partial charge in [-0.2, -0.15) is 0 Å². The van der Waals surface area contributed by atoms with Gasteiger partial charge in [0.05, 0.1) is 5.92 Å². The molecule has 1 unspecified atom stereocenters. The summed E-state index contributed by atoms with van der Waals surface area (Å²) in [5, 5.41) is 3.39. The molecule has 3 nitrogen and oxygen atoms in total. The molecule has 2 fully saturated rings. The van der Waals surface area contributed by atoms with Crippen LogP contribution in [0, 0.1) is 5.92 Å². The van der Waals surface area contributed by atoms with Gasteiger partial charge in [-0.05, 0) is 44.2 Å². The minimum Gasteiger partial charge on any atom is -0.339 e. The number of carbonyl (C=O) groups excluding carboxylic acids is 1. The monoisotopic (exact) mass is 336 g/mol. The number of carbonyl (C=O) groups is 1. The van der Waals surface area contributed by atoms with Crippen LogP contribution in [0.4, 0.5) is 0 Å². The molecule has 1 amide bonds. The SMILES string of the molecule is Cl.O=C(C1CCCNC1)N(CCc1ccccc1)C1CCCC1. The van der Waals surface area contributed by atoms with Crippen molar-refractivity contribution in [2.75, 3.05) is 19.6 Å². The molecule has 1 aromatic rings. The van der Waals surface area contributed by atoms with E-state index in [-0.39, 0.29) is 18.3 Å². The summed E-state index contributed by atoms with van der Waals surface area (Å²) in [5.74, 6) is 0.597. The van der Waals surface area contributed by atoms with E-state index >= 15 is 0 Å². The smallest absolute Gasteiger partial charge is 0.227 e. The largest absolute Gasteiger partial charge is 0.339 e. The van der Waals surface area contributed by atoms with Crippen LogP contribution in [0.15, 0.2) is 30.3 Å². The maximum atomic E-state index is 13.0. The number of nitrogens with zero attached hydrogens (tertiary/aromatic N) is 1. The Hall–Kier alpha value is -1.06. The predicted octanol–water partition coefficient (Wildman–Crippen LogP) is 3.42. The van der Waals surface area contributed by atoms with Gasteiger partial charge < -0.3 is 10.2 Å². The quantitative estimate of drug-likeness (QED) is 0.893. The summed E-state index contributed by atoms with van der Waals surface area (Å²) >= 11 is 0. The molecular formula is C19H29ClN2O. The Morgan fingerprint density at radius 3 is 2.48 bits per heavy atom. The van der Waals surface area contributed by atoms with Crippen molar-refractivity contribution in [2.24, 2.45) is 5.92 Å². The summed E-state index contributed by atoms with van der Waals surface area (Å²) in [4.78, 5) is 15.2. The van der Waals surface area contributed by atoms with Gasteiger partial charge in [-0.3, -0.25) is 4.79 Å². The fourth-order valence-electron chi connectivity index (χ4n) is 3.88. The van der Waals surface area contributed by atoms with Gasteiger partial charge in [0.25, 0.3) is 0 Å². The second-order valence-electron chi connectivity index (χ2n) is 6.75. The van der Waals surface area contributed by atoms with Crippen LogP contribution >= 0.6 is 12.4 Å². The number of hydrogen-bond donors (Lipinski definition) is 1. The van der Waals surface area contributed by atoms with Crippen molar-refractivity contribution in [3.05, 3.63) is 35.9 Å². The van der Waals surface area contributed by atoms with Gasteiger partial charge in [0.15, 0.2) is 0 Å². The fourth-order valence-corrected chi connectivity index (χ4v) is 3.88. The molecular weight excluding hydrogens is 308 g/mol. The topological polar surface area (TPSA) is 32.3 Å². The van der Waals surface area contributed by atoms with Gasteiger partial charge in [0.2, 0.25) is 5.91 Å². The van der Waals surface area contributed by atoms with E-state index in [9.17, 15) is 4.79 Å². The molecule has 4 heteroatoms. The van der Waals surface area contributed by atoms with E-state index in [1.807, 2.05) is 0 Å². The van der Waals surface area contributed by atoms with E-state index < -0.39 is 0 Å². The molecule has 1 N–H and O–H groups in total. The zero-order valence-corrected chi connectivity index (χ0v) is 14.7. The first-order valence-corrected chi connectivity index (χ1v) is 8.90. The second kappa shape index (κ2) is 9.29. The normalized spacial score (nSPS) is 21.7. The van der Waals surface area contributed by atoms with Crippen LogP contribution in [0.3, 0.4) is 0 Å². The Balaban J connectivity index is 0.00000192. The van der Waals surface area contributed by atoms with Gasteiger partial charge >= 0.3 is 0 Å². The Bertz CT molecular complexity index is 468. The summed E-state index contributed by atoms with van der Waals surface area (Å²) in [7, 11) is 0. The molecule has 128 valence electrons. The lowest BCUT2D eigenvalue weighted by Crippen LogP contribution is -2.47. The number of halogens is 1. The van der Waals surface area contributed by atoms with Crippen molar-refractivity contribution in [1.82, 2.24) is 10.2 Å². The molecule has 1 aliphatic carbocycles. The van der Waals surface area contributed by atoms with Crippen molar-refractivity contribution in [3.63, 3.8) is 0 Å². The summed E-state index contributed by atoms with van der Waals surface area (Å²) < 4.78 is 0. The van der Waals surface area contributed by atoms with Crippen molar-refractivity contribution in [1.29, 1.82) is 0 Å². The first-order chi connectivity index (χ1) is 10.8. The van der Waals surface area contributed by atoms with E-state index in [0.29, 0.717) is 11.9 Å². The highest BCUT2D eigenvalue weighted by atomic mass is 35.5. The third kappa shape index (κ3) is 4.95. The summed E-state index contributed by atoms with van der Waals surface area (Å²) in [6.45, 7) is 2.81. The molecule has 23 heavy (non-hydrogen) atoms. The van der Waals surface area contributed by atoms with Crippen molar-refractivity contribution in [3.8, 4) is 0 Å². The molecule has 0 spiro atoms. The van der Waals surface area contributed by atoms with Crippen LogP contribution in [0.2, 0.25) is 0 Å². The van der Waals surface area contributed by atoms with Gasteiger partial charge in [-0.25, -0.2) is 0 Å². The maximum absolute atomic E-state index is 13.0. The molecule has 1 heterocycles. The summed E-state index contributed by atoms with van der Waals surface area (Å²) in [6.07, 6.45) is 8.12. The van der Waals surface area contributed by atoms with Crippen LogP contribution in [0.5, 0.6) is 0 Å². The highest BCUT2D eigenvalue weighted by Gasteiger charge is 2.31. The summed E-state index contributed by atoms with van der Waals surface area (Å²) in [5.41, 5.74) is 1.33. The zero-order chi connectivity index (χ0) is 15.2. The van der Waals surface area contributed by atoms with E-state index in [4.69, 9.17) is 0 Å². The van der Waals surface area contributed by atoms with Crippen LogP contribution in [0.1, 0.15) is 44.1 Å². The standard InChI is InChI=1S/C19H28N2O.ClH/c22-19(17-9-6-13-20-15-17)21(18-10-4-5-11-18)14-12-16-7-2-1-3-8-16;/h1-3,7-8,17-18,20H,4-6,9-15H2;1H. The van der Waals surface area contributed by atoms with E-state index in [2.05, 4.69) is 40.5 Å². The average Bonchev–Trinajstić information content (AvgIpc) is 3.11. The van der Waals surface area contributed by atoms with E-state index in [0.717, 1.165) is 38.9 Å². The Morgan fingerprint density at radius 1 is 1.09 bits per heavy atom. The molecule has 2 aliphatic rings. The van der Waals surface area contributed by atoms with E-state index in [1.54, 1.807) is 0 Å². The molecule has 1 saturated carbocycles. The van der Waals surface area contributed by atoms with Crippen molar-refractivity contribution < 1.29 is 4.79 Å². The Morgan fingerprint density at radius 2 is 1.83 bits per heavy atom. The van der Waals surface area contributed by atoms with Gasteiger partial charge in [-0.1, -0.05) is 43.2 Å². The highest BCUT2D eigenvalue weighted by Crippen LogP contribution is 2.26. The molecule has 0 aromatic heterocycles. The Labute approximate surface area is 146 Å². The van der Waals surface area contributed by atoms with Crippen LogP contribution in [-0.2, 0) is 11.2 Å². The molecule has 1 aliphatic heterocycles. The van der Waals surface area contributed by atoms with Crippen molar-refractivity contribution >= 4 is 18.3 Å². The number of rotatable bonds is 5. The first kappa shape index (κ1) is 18.3. The van der Waals surface area contributed by atoms with Gasteiger partial charge in [-0.15, -0.1) is 12.4 Å². The molecule has 1 aromatic carbocycles. The first-order valence-electron chi connectivity index (χ1n) is 8.90. The molecule has 1 atom stereocenters. The van der Waals surface area contributed by atoms with Gasteiger partial charge in [0.1, 0.15) is 0 Å². The average molecular weight is 337 g/mol. The number of hydrogen-bond acceptors (Lipinski definition) is 2. The number of nitrogens with one attached hydrogen (secondary N) is 1. The highest BCUT2D eigenvalue weighted by molar-refractivity contribution is 5.85. The third-order valence-electron chi connectivity index (χ3n) is 5.18. The lowest BCUT2D eigenvalue weighted by molar-refractivity contribution is -0.138. The van der Waals surface area contributed by atoms with Crippen LogP contribution < -0.4 is 5.32 Å². The number of piperidine rings is 1. The molecule has 0 bridgehead atoms. The summed E-state index contributed by atoms with van der Waals surface area (Å²) in [6, 6.07) is 11.0. The number of benzene rings is 1. The minimum absolute atomic E-state index is 0. The van der Waals surface area contributed by atoms with E-state index in [1.165, 1.54) is 31.2 Å². The molecule has 1 saturated heterocycles. The lowest BCUT2D eigenvalue weighted by atomic mass is 9.96. The molecule has 3 rings (SSSR count). The minimum atomic E-state index is 0. The predicted molar refractivity (Wildman–Crippen MR) is 97.0 cm³/mol. The van der Waals surface area contributed by atoms with Crippen LogP contribution in [0.25, 0.3) is 0 Å².